The lowest BCUT2D eigenvalue weighted by atomic mass is 10.2. The molecule has 1 aliphatic rings. The molecule has 0 radical (unpaired) electrons. The first-order chi connectivity index (χ1) is 5.65. The number of rotatable bonds is 2. The van der Waals surface area contributed by atoms with Gasteiger partial charge in [-0.2, -0.15) is 0 Å². The van der Waals surface area contributed by atoms with Gasteiger partial charge in [-0.15, -0.1) is 0 Å². The molecule has 0 saturated carbocycles. The molecule has 0 aromatic rings. The van der Waals surface area contributed by atoms with E-state index in [1.807, 2.05) is 0 Å². The van der Waals surface area contributed by atoms with Crippen LogP contribution >= 0.6 is 0 Å². The van der Waals surface area contributed by atoms with Gasteiger partial charge in [0.05, 0.1) is 18.6 Å². The molecule has 0 aliphatic carbocycles. The SMILES string of the molecule is CCOC(=O)C1=C(C)NC(=O)C1. The third kappa shape index (κ3) is 1.64. The smallest absolute Gasteiger partial charge is 0.336 e. The Morgan fingerprint density at radius 1 is 1.67 bits per heavy atom. The van der Waals surface area contributed by atoms with E-state index in [9.17, 15) is 9.59 Å². The van der Waals surface area contributed by atoms with Crippen molar-refractivity contribution in [1.82, 2.24) is 5.32 Å². The molecule has 1 rings (SSSR count). The second-order valence-electron chi connectivity index (χ2n) is 2.55. The molecule has 1 amide bonds. The summed E-state index contributed by atoms with van der Waals surface area (Å²) >= 11 is 0. The van der Waals surface area contributed by atoms with Crippen LogP contribution in [0.25, 0.3) is 0 Å². The predicted octanol–water partition coefficient (Wildman–Crippen LogP) is 0.343. The van der Waals surface area contributed by atoms with Crippen LogP contribution in [0.1, 0.15) is 20.3 Å². The van der Waals surface area contributed by atoms with Crippen LogP contribution in [0.4, 0.5) is 0 Å². The first-order valence-corrected chi connectivity index (χ1v) is 3.82. The maximum absolute atomic E-state index is 11.1. The summed E-state index contributed by atoms with van der Waals surface area (Å²) in [6.45, 7) is 3.76. The van der Waals surface area contributed by atoms with Gasteiger partial charge in [0, 0.05) is 5.70 Å². The normalized spacial score (nSPS) is 16.3. The van der Waals surface area contributed by atoms with Crippen molar-refractivity contribution in [2.24, 2.45) is 0 Å². The monoisotopic (exact) mass is 169 g/mol. The Morgan fingerprint density at radius 3 is 2.75 bits per heavy atom. The van der Waals surface area contributed by atoms with Crippen LogP contribution in [-0.2, 0) is 14.3 Å². The lowest BCUT2D eigenvalue weighted by Crippen LogP contribution is -2.12. The van der Waals surface area contributed by atoms with Gasteiger partial charge >= 0.3 is 5.97 Å². The number of hydrogen-bond acceptors (Lipinski definition) is 3. The van der Waals surface area contributed by atoms with Gasteiger partial charge in [-0.05, 0) is 13.8 Å². The molecule has 0 saturated heterocycles. The van der Waals surface area contributed by atoms with Gasteiger partial charge in [-0.3, -0.25) is 4.79 Å². The molecule has 0 aromatic heterocycles. The van der Waals surface area contributed by atoms with Crippen molar-refractivity contribution < 1.29 is 14.3 Å². The summed E-state index contributed by atoms with van der Waals surface area (Å²) in [5.74, 6) is -0.538. The van der Waals surface area contributed by atoms with Crippen LogP contribution < -0.4 is 5.32 Å². The molecule has 0 bridgehead atoms. The van der Waals surface area contributed by atoms with E-state index >= 15 is 0 Å². The zero-order valence-corrected chi connectivity index (χ0v) is 7.14. The third-order valence-electron chi connectivity index (χ3n) is 1.64. The highest BCUT2D eigenvalue weighted by atomic mass is 16.5. The third-order valence-corrected chi connectivity index (χ3v) is 1.64. The Bertz CT molecular complexity index is 255. The van der Waals surface area contributed by atoms with E-state index in [0.717, 1.165) is 0 Å². The Morgan fingerprint density at radius 2 is 2.33 bits per heavy atom. The molecule has 0 fully saturated rings. The van der Waals surface area contributed by atoms with E-state index < -0.39 is 5.97 Å². The maximum atomic E-state index is 11.1. The molecule has 1 N–H and O–H groups in total. The minimum atomic E-state index is -0.395. The highest BCUT2D eigenvalue weighted by Crippen LogP contribution is 2.15. The van der Waals surface area contributed by atoms with Crippen molar-refractivity contribution in [3.05, 3.63) is 11.3 Å². The molecule has 0 aromatic carbocycles. The van der Waals surface area contributed by atoms with Crippen molar-refractivity contribution in [2.45, 2.75) is 20.3 Å². The van der Waals surface area contributed by atoms with Gasteiger partial charge in [0.15, 0.2) is 0 Å². The van der Waals surface area contributed by atoms with E-state index in [0.29, 0.717) is 17.9 Å². The van der Waals surface area contributed by atoms with Crippen molar-refractivity contribution in [2.75, 3.05) is 6.61 Å². The quantitative estimate of drug-likeness (QED) is 0.606. The van der Waals surface area contributed by atoms with Crippen molar-refractivity contribution in [3.8, 4) is 0 Å². The Hall–Kier alpha value is -1.32. The number of nitrogens with one attached hydrogen (secondary N) is 1. The molecule has 0 unspecified atom stereocenters. The highest BCUT2D eigenvalue weighted by molar-refractivity contribution is 5.99. The van der Waals surface area contributed by atoms with Crippen LogP contribution in [-0.4, -0.2) is 18.5 Å². The van der Waals surface area contributed by atoms with Crippen molar-refractivity contribution >= 4 is 11.9 Å². The fraction of sp³-hybridized carbons (Fsp3) is 0.500. The van der Waals surface area contributed by atoms with E-state index in [-0.39, 0.29) is 12.3 Å². The second-order valence-corrected chi connectivity index (χ2v) is 2.55. The first-order valence-electron chi connectivity index (χ1n) is 3.82. The standard InChI is InChI=1S/C8H11NO3/c1-3-12-8(11)6-4-7(10)9-5(6)2/h3-4H2,1-2H3,(H,9,10). The zero-order valence-electron chi connectivity index (χ0n) is 7.14. The summed E-state index contributed by atoms with van der Waals surface area (Å²) in [7, 11) is 0. The average molecular weight is 169 g/mol. The number of esters is 1. The van der Waals surface area contributed by atoms with Crippen LogP contribution in [0.3, 0.4) is 0 Å². The average Bonchev–Trinajstić information content (AvgIpc) is 2.30. The molecule has 12 heavy (non-hydrogen) atoms. The van der Waals surface area contributed by atoms with Gasteiger partial charge in [0.25, 0.3) is 0 Å². The number of ether oxygens (including phenoxy) is 1. The number of amides is 1. The number of hydrogen-bond donors (Lipinski definition) is 1. The van der Waals surface area contributed by atoms with Gasteiger partial charge in [-0.1, -0.05) is 0 Å². The van der Waals surface area contributed by atoms with Crippen LogP contribution in [0.15, 0.2) is 11.3 Å². The Kier molecular flexibility index (Phi) is 2.47. The topological polar surface area (TPSA) is 55.4 Å². The second kappa shape index (κ2) is 3.38. The van der Waals surface area contributed by atoms with Gasteiger partial charge < -0.3 is 10.1 Å². The highest BCUT2D eigenvalue weighted by Gasteiger charge is 2.24. The minimum Gasteiger partial charge on any atom is -0.463 e. The Balaban J connectivity index is 2.68. The summed E-state index contributed by atoms with van der Waals surface area (Å²) in [4.78, 5) is 21.9. The van der Waals surface area contributed by atoms with E-state index in [1.54, 1.807) is 13.8 Å². The molecule has 1 heterocycles. The summed E-state index contributed by atoms with van der Waals surface area (Å²) < 4.78 is 4.76. The van der Waals surface area contributed by atoms with Crippen LogP contribution in [0.5, 0.6) is 0 Å². The lowest BCUT2D eigenvalue weighted by molar-refractivity contribution is -0.139. The molecule has 1 aliphatic heterocycles. The van der Waals surface area contributed by atoms with Crippen LogP contribution in [0, 0.1) is 0 Å². The fourth-order valence-corrected chi connectivity index (χ4v) is 1.07. The molecule has 0 spiro atoms. The predicted molar refractivity (Wildman–Crippen MR) is 42.1 cm³/mol. The van der Waals surface area contributed by atoms with E-state index in [2.05, 4.69) is 5.32 Å². The zero-order chi connectivity index (χ0) is 9.14. The maximum Gasteiger partial charge on any atom is 0.336 e. The fourth-order valence-electron chi connectivity index (χ4n) is 1.07. The molecule has 4 nitrogen and oxygen atoms in total. The van der Waals surface area contributed by atoms with Crippen molar-refractivity contribution in [1.29, 1.82) is 0 Å². The summed E-state index contributed by atoms with van der Waals surface area (Å²) in [5.41, 5.74) is 1.06. The summed E-state index contributed by atoms with van der Waals surface area (Å²) in [6.07, 6.45) is 0.144. The van der Waals surface area contributed by atoms with Gasteiger partial charge in [0.2, 0.25) is 5.91 Å². The largest absolute Gasteiger partial charge is 0.463 e. The van der Waals surface area contributed by atoms with E-state index in [4.69, 9.17) is 4.74 Å². The van der Waals surface area contributed by atoms with E-state index in [1.165, 1.54) is 0 Å². The lowest BCUT2D eigenvalue weighted by Gasteiger charge is -2.00. The molecular formula is C8H11NO3. The van der Waals surface area contributed by atoms with Gasteiger partial charge in [0.1, 0.15) is 0 Å². The molecule has 0 atom stereocenters. The number of carbonyl (C=O) groups is 2. The van der Waals surface area contributed by atoms with Crippen molar-refractivity contribution in [3.63, 3.8) is 0 Å². The Labute approximate surface area is 70.6 Å². The molecule has 66 valence electrons. The molecular weight excluding hydrogens is 158 g/mol. The molecule has 4 heteroatoms. The minimum absolute atomic E-state index is 0.143. The number of carbonyl (C=O) groups excluding carboxylic acids is 2. The summed E-state index contributed by atoms with van der Waals surface area (Å²) in [6, 6.07) is 0. The van der Waals surface area contributed by atoms with Crippen LogP contribution in [0.2, 0.25) is 0 Å². The number of allylic oxidation sites excluding steroid dienone is 1. The van der Waals surface area contributed by atoms with Gasteiger partial charge in [-0.25, -0.2) is 4.79 Å². The summed E-state index contributed by atoms with van der Waals surface area (Å²) in [5, 5.41) is 2.55. The first kappa shape index (κ1) is 8.77.